The van der Waals surface area contributed by atoms with E-state index >= 15 is 0 Å². The van der Waals surface area contributed by atoms with Gasteiger partial charge in [0.05, 0.1) is 0 Å². The van der Waals surface area contributed by atoms with Gasteiger partial charge in [0.25, 0.3) is 0 Å². The summed E-state index contributed by atoms with van der Waals surface area (Å²) in [4.78, 5) is 1.20. The van der Waals surface area contributed by atoms with Crippen molar-refractivity contribution in [2.45, 2.75) is 15.5 Å². The predicted molar refractivity (Wildman–Crippen MR) is 59.3 cm³/mol. The van der Waals surface area contributed by atoms with E-state index in [2.05, 4.69) is 24.0 Å². The Morgan fingerprint density at radius 1 is 1.46 bits per heavy atom. The van der Waals surface area contributed by atoms with Crippen LogP contribution >= 0.6 is 24.4 Å². The van der Waals surface area contributed by atoms with E-state index in [0.717, 1.165) is 5.69 Å². The summed E-state index contributed by atoms with van der Waals surface area (Å²) >= 11 is 6.15. The second kappa shape index (κ2) is 3.44. The molecule has 13 heavy (non-hydrogen) atoms. The summed E-state index contributed by atoms with van der Waals surface area (Å²) in [5, 5.41) is 12.1. The highest BCUT2D eigenvalue weighted by atomic mass is 32.2. The number of anilines is 1. The second-order valence-electron chi connectivity index (χ2n) is 2.98. The van der Waals surface area contributed by atoms with Crippen LogP contribution in [-0.4, -0.2) is 15.9 Å². The molecule has 0 bridgehead atoms. The van der Waals surface area contributed by atoms with Gasteiger partial charge in [-0.3, -0.25) is 0 Å². The number of thioether (sulfide) groups is 1. The lowest BCUT2D eigenvalue weighted by Crippen LogP contribution is -2.24. The molecule has 1 heterocycles. The zero-order valence-electron chi connectivity index (χ0n) is 7.03. The molecule has 0 radical (unpaired) electrons. The lowest BCUT2D eigenvalue weighted by atomic mass is 10.3. The molecule has 0 saturated heterocycles. The first-order chi connectivity index (χ1) is 6.23. The van der Waals surface area contributed by atoms with Gasteiger partial charge >= 0.3 is 0 Å². The number of para-hydroxylation sites is 1. The Labute approximate surface area is 87.1 Å². The highest BCUT2D eigenvalue weighted by molar-refractivity contribution is 8.12. The van der Waals surface area contributed by atoms with Crippen LogP contribution in [0.4, 0.5) is 5.69 Å². The van der Waals surface area contributed by atoms with Gasteiger partial charge in [-0.25, -0.2) is 0 Å². The monoisotopic (exact) mass is 213 g/mol. The summed E-state index contributed by atoms with van der Waals surface area (Å²) in [5.74, 6) is 0. The first kappa shape index (κ1) is 9.24. The van der Waals surface area contributed by atoms with Crippen molar-refractivity contribution in [1.82, 2.24) is 0 Å². The van der Waals surface area contributed by atoms with Gasteiger partial charge in [-0.1, -0.05) is 23.9 Å². The minimum absolute atomic E-state index is 0.150. The van der Waals surface area contributed by atoms with Crippen LogP contribution < -0.4 is 5.32 Å². The van der Waals surface area contributed by atoms with Gasteiger partial charge in [0.1, 0.15) is 4.20 Å². The number of benzene rings is 1. The number of rotatable bonds is 2. The van der Waals surface area contributed by atoms with Gasteiger partial charge < -0.3 is 10.4 Å². The quantitative estimate of drug-likeness (QED) is 0.658. The Morgan fingerprint density at radius 2 is 2.23 bits per heavy atom. The number of nitrogens with one attached hydrogen (secondary N) is 1. The molecule has 0 aromatic heterocycles. The summed E-state index contributed by atoms with van der Waals surface area (Å²) in [5.41, 5.74) is 1.11. The molecular formula is C9H11NOS2. The minimum atomic E-state index is -0.335. The van der Waals surface area contributed by atoms with Gasteiger partial charge in [0, 0.05) is 23.6 Å². The number of hydrogen-bond donors (Lipinski definition) is 3. The Bertz CT molecular complexity index is 291. The highest BCUT2D eigenvalue weighted by Crippen LogP contribution is 2.48. The lowest BCUT2D eigenvalue weighted by Gasteiger charge is -2.21. The van der Waals surface area contributed by atoms with Gasteiger partial charge in [-0.15, -0.1) is 12.6 Å². The summed E-state index contributed by atoms with van der Waals surface area (Å²) in [6, 6.07) is 8.08. The Kier molecular flexibility index (Phi) is 2.45. The fourth-order valence-electron chi connectivity index (χ4n) is 1.34. The summed E-state index contributed by atoms with van der Waals surface area (Å²) in [6.07, 6.45) is 0.634. The van der Waals surface area contributed by atoms with Crippen LogP contribution in [0.2, 0.25) is 0 Å². The summed E-state index contributed by atoms with van der Waals surface area (Å²) in [6.45, 7) is 0.150. The molecular weight excluding hydrogens is 202 g/mol. The molecule has 1 unspecified atom stereocenters. The fraction of sp³-hybridized carbons (Fsp3) is 0.333. The fourth-order valence-corrected chi connectivity index (χ4v) is 2.95. The van der Waals surface area contributed by atoms with E-state index in [1.165, 1.54) is 4.90 Å². The van der Waals surface area contributed by atoms with Crippen LogP contribution in [0.1, 0.15) is 6.42 Å². The molecule has 1 aromatic carbocycles. The van der Waals surface area contributed by atoms with Crippen molar-refractivity contribution in [2.24, 2.45) is 0 Å². The molecule has 1 aliphatic heterocycles. The molecule has 1 atom stereocenters. The van der Waals surface area contributed by atoms with E-state index in [4.69, 9.17) is 5.11 Å². The van der Waals surface area contributed by atoms with Crippen molar-refractivity contribution >= 4 is 30.1 Å². The molecule has 2 nitrogen and oxygen atoms in total. The molecule has 1 aliphatic rings. The van der Waals surface area contributed by atoms with Crippen molar-refractivity contribution in [3.8, 4) is 0 Å². The molecule has 0 fully saturated rings. The van der Waals surface area contributed by atoms with Crippen LogP contribution in [-0.2, 0) is 0 Å². The van der Waals surface area contributed by atoms with Gasteiger partial charge in [0.15, 0.2) is 0 Å². The normalized spacial score (nSPS) is 25.4. The molecule has 0 amide bonds. The molecule has 0 aliphatic carbocycles. The van der Waals surface area contributed by atoms with Crippen molar-refractivity contribution in [2.75, 3.05) is 11.9 Å². The maximum Gasteiger partial charge on any atom is 0.134 e. The molecule has 1 aromatic rings. The first-order valence-corrected chi connectivity index (χ1v) is 5.39. The third kappa shape index (κ3) is 1.80. The molecule has 4 heteroatoms. The van der Waals surface area contributed by atoms with Crippen molar-refractivity contribution in [1.29, 1.82) is 0 Å². The number of fused-ring (bicyclic) bond motifs is 1. The van der Waals surface area contributed by atoms with Gasteiger partial charge in [-0.2, -0.15) is 0 Å². The van der Waals surface area contributed by atoms with Gasteiger partial charge in [-0.05, 0) is 12.1 Å². The zero-order valence-corrected chi connectivity index (χ0v) is 8.74. The number of aliphatic hydroxyl groups is 1. The van der Waals surface area contributed by atoms with Crippen LogP contribution in [0.25, 0.3) is 0 Å². The first-order valence-electron chi connectivity index (χ1n) is 4.13. The number of hydrogen-bond acceptors (Lipinski definition) is 4. The molecule has 0 saturated carbocycles. The van der Waals surface area contributed by atoms with E-state index < -0.39 is 0 Å². The summed E-state index contributed by atoms with van der Waals surface area (Å²) < 4.78 is -0.335. The number of aliphatic hydroxyl groups excluding tert-OH is 1. The van der Waals surface area contributed by atoms with Crippen LogP contribution in [0.5, 0.6) is 0 Å². The molecule has 2 rings (SSSR count). The van der Waals surface area contributed by atoms with Crippen LogP contribution in [0, 0.1) is 0 Å². The molecule has 0 spiro atoms. The Morgan fingerprint density at radius 3 is 2.92 bits per heavy atom. The number of thiol groups is 1. The highest BCUT2D eigenvalue weighted by Gasteiger charge is 2.33. The third-order valence-corrected chi connectivity index (χ3v) is 3.78. The Hall–Kier alpha value is -0.320. The summed E-state index contributed by atoms with van der Waals surface area (Å²) in [7, 11) is 0. The van der Waals surface area contributed by atoms with E-state index in [0.29, 0.717) is 6.42 Å². The predicted octanol–water partition coefficient (Wildman–Crippen LogP) is 2.17. The van der Waals surface area contributed by atoms with E-state index in [9.17, 15) is 0 Å². The average Bonchev–Trinajstić information content (AvgIpc) is 2.40. The smallest absolute Gasteiger partial charge is 0.134 e. The maximum absolute atomic E-state index is 8.87. The largest absolute Gasteiger partial charge is 0.396 e. The van der Waals surface area contributed by atoms with E-state index in [-0.39, 0.29) is 10.8 Å². The lowest BCUT2D eigenvalue weighted by molar-refractivity contribution is 0.287. The van der Waals surface area contributed by atoms with Crippen LogP contribution in [0.15, 0.2) is 29.2 Å². The van der Waals surface area contributed by atoms with Gasteiger partial charge in [0.2, 0.25) is 0 Å². The average molecular weight is 213 g/mol. The Balaban J connectivity index is 2.21. The van der Waals surface area contributed by atoms with Crippen molar-refractivity contribution < 1.29 is 5.11 Å². The van der Waals surface area contributed by atoms with E-state index in [1.807, 2.05) is 18.2 Å². The molecule has 2 N–H and O–H groups in total. The molecule has 70 valence electrons. The van der Waals surface area contributed by atoms with Crippen molar-refractivity contribution in [3.63, 3.8) is 0 Å². The topological polar surface area (TPSA) is 32.3 Å². The zero-order chi connectivity index (χ0) is 9.31. The maximum atomic E-state index is 8.87. The SMILES string of the molecule is OCCC1(S)Nc2ccccc2S1. The second-order valence-corrected chi connectivity index (χ2v) is 5.39. The van der Waals surface area contributed by atoms with Crippen LogP contribution in [0.3, 0.4) is 0 Å². The van der Waals surface area contributed by atoms with E-state index in [1.54, 1.807) is 11.8 Å². The third-order valence-electron chi connectivity index (χ3n) is 1.95. The minimum Gasteiger partial charge on any atom is -0.396 e. The van der Waals surface area contributed by atoms with Crippen molar-refractivity contribution in [3.05, 3.63) is 24.3 Å². The standard InChI is InChI=1S/C9H11NOS2/c11-6-5-9(12)10-7-3-1-2-4-8(7)13-9/h1-4,10-12H,5-6H2.